The Bertz CT molecular complexity index is 1110. The SMILES string of the molecule is CCn1c(SCC(=O)Nc2ccc(S(N)(=O)=O)cc2)nnc1-c1ccc(F)cc1. The van der Waals surface area contributed by atoms with Crippen LogP contribution in [0, 0.1) is 5.82 Å². The molecular formula is C18H18FN5O3S2. The van der Waals surface area contributed by atoms with Gasteiger partial charge in [0.2, 0.25) is 15.9 Å². The maximum Gasteiger partial charge on any atom is 0.238 e. The standard InChI is InChI=1S/C18H18FN5O3S2/c1-2-24-17(12-3-5-13(19)6-4-12)22-23-18(24)28-11-16(25)21-14-7-9-15(10-8-14)29(20,26)27/h3-10H,2,11H2,1H3,(H,21,25)(H2,20,26,27). The van der Waals surface area contributed by atoms with Crippen LogP contribution in [-0.4, -0.2) is 34.8 Å². The number of thioether (sulfide) groups is 1. The van der Waals surface area contributed by atoms with Crippen LogP contribution in [0.1, 0.15) is 6.92 Å². The van der Waals surface area contributed by atoms with Crippen molar-refractivity contribution in [2.24, 2.45) is 5.14 Å². The summed E-state index contributed by atoms with van der Waals surface area (Å²) in [6, 6.07) is 11.5. The fourth-order valence-corrected chi connectivity index (χ4v) is 3.87. The molecular weight excluding hydrogens is 417 g/mol. The van der Waals surface area contributed by atoms with Crippen LogP contribution in [0.15, 0.2) is 58.6 Å². The molecule has 3 rings (SSSR count). The average molecular weight is 436 g/mol. The summed E-state index contributed by atoms with van der Waals surface area (Å²) in [4.78, 5) is 12.2. The Balaban J connectivity index is 1.65. The number of carbonyl (C=O) groups is 1. The predicted molar refractivity (Wildman–Crippen MR) is 108 cm³/mol. The highest BCUT2D eigenvalue weighted by molar-refractivity contribution is 7.99. The fraction of sp³-hybridized carbons (Fsp3) is 0.167. The van der Waals surface area contributed by atoms with Crippen LogP contribution in [0.2, 0.25) is 0 Å². The van der Waals surface area contributed by atoms with Crippen molar-refractivity contribution in [2.75, 3.05) is 11.1 Å². The normalized spacial score (nSPS) is 11.4. The quantitative estimate of drug-likeness (QED) is 0.550. The van der Waals surface area contributed by atoms with E-state index >= 15 is 0 Å². The molecule has 1 amide bonds. The third kappa shape index (κ3) is 5.19. The number of halogens is 1. The molecule has 152 valence electrons. The van der Waals surface area contributed by atoms with E-state index in [1.165, 1.54) is 48.2 Å². The highest BCUT2D eigenvalue weighted by Crippen LogP contribution is 2.24. The lowest BCUT2D eigenvalue weighted by Crippen LogP contribution is -2.15. The minimum Gasteiger partial charge on any atom is -0.325 e. The van der Waals surface area contributed by atoms with Gasteiger partial charge in [0.15, 0.2) is 11.0 Å². The van der Waals surface area contributed by atoms with Gasteiger partial charge in [-0.2, -0.15) is 0 Å². The molecule has 8 nitrogen and oxygen atoms in total. The van der Waals surface area contributed by atoms with Gasteiger partial charge in [-0.25, -0.2) is 17.9 Å². The summed E-state index contributed by atoms with van der Waals surface area (Å²) < 4.78 is 37.5. The second kappa shape index (κ2) is 8.72. The monoisotopic (exact) mass is 435 g/mol. The van der Waals surface area contributed by atoms with Gasteiger partial charge in [-0.15, -0.1) is 10.2 Å². The molecule has 1 heterocycles. The van der Waals surface area contributed by atoms with Crippen LogP contribution in [0.4, 0.5) is 10.1 Å². The Labute approximate surface area is 171 Å². The summed E-state index contributed by atoms with van der Waals surface area (Å²) >= 11 is 1.21. The second-order valence-electron chi connectivity index (χ2n) is 5.96. The van der Waals surface area contributed by atoms with Crippen molar-refractivity contribution in [2.45, 2.75) is 23.5 Å². The Morgan fingerprint density at radius 2 is 1.79 bits per heavy atom. The van der Waals surface area contributed by atoms with Gasteiger partial charge >= 0.3 is 0 Å². The first-order chi connectivity index (χ1) is 13.8. The summed E-state index contributed by atoms with van der Waals surface area (Å²) in [5, 5.41) is 16.6. The molecule has 1 aromatic heterocycles. The molecule has 0 aliphatic heterocycles. The lowest BCUT2D eigenvalue weighted by Gasteiger charge is -2.08. The molecule has 11 heteroatoms. The Morgan fingerprint density at radius 1 is 1.14 bits per heavy atom. The molecule has 0 aliphatic carbocycles. The average Bonchev–Trinajstić information content (AvgIpc) is 3.09. The summed E-state index contributed by atoms with van der Waals surface area (Å²) in [6.45, 7) is 2.51. The van der Waals surface area contributed by atoms with E-state index in [1.807, 2.05) is 11.5 Å². The number of amides is 1. The van der Waals surface area contributed by atoms with Crippen molar-refractivity contribution in [3.05, 3.63) is 54.3 Å². The van der Waals surface area contributed by atoms with Crippen molar-refractivity contribution in [1.29, 1.82) is 0 Å². The lowest BCUT2D eigenvalue weighted by molar-refractivity contribution is -0.113. The van der Waals surface area contributed by atoms with Crippen LogP contribution >= 0.6 is 11.8 Å². The molecule has 3 N–H and O–H groups in total. The van der Waals surface area contributed by atoms with Crippen molar-refractivity contribution >= 4 is 33.4 Å². The number of hydrogen-bond acceptors (Lipinski definition) is 6. The maximum absolute atomic E-state index is 13.1. The van der Waals surface area contributed by atoms with Crippen LogP contribution in [-0.2, 0) is 21.4 Å². The van der Waals surface area contributed by atoms with E-state index < -0.39 is 10.0 Å². The van der Waals surface area contributed by atoms with Gasteiger partial charge < -0.3 is 9.88 Å². The third-order valence-corrected chi connectivity index (χ3v) is 5.83. The van der Waals surface area contributed by atoms with Gasteiger partial charge in [-0.1, -0.05) is 11.8 Å². The first kappa shape index (κ1) is 21.0. The summed E-state index contributed by atoms with van der Waals surface area (Å²) in [5.74, 6) is 0.0550. The number of nitrogens with two attached hydrogens (primary N) is 1. The molecule has 29 heavy (non-hydrogen) atoms. The van der Waals surface area contributed by atoms with E-state index in [0.29, 0.717) is 23.2 Å². The molecule has 0 saturated carbocycles. The molecule has 3 aromatic rings. The molecule has 0 unspecified atom stereocenters. The number of nitrogens with zero attached hydrogens (tertiary/aromatic N) is 3. The number of hydrogen-bond donors (Lipinski definition) is 2. The van der Waals surface area contributed by atoms with Crippen LogP contribution in [0.3, 0.4) is 0 Å². The van der Waals surface area contributed by atoms with Crippen LogP contribution in [0.5, 0.6) is 0 Å². The van der Waals surface area contributed by atoms with E-state index in [0.717, 1.165) is 5.56 Å². The highest BCUT2D eigenvalue weighted by atomic mass is 32.2. The van der Waals surface area contributed by atoms with Crippen LogP contribution < -0.4 is 10.5 Å². The lowest BCUT2D eigenvalue weighted by atomic mass is 10.2. The molecule has 2 aromatic carbocycles. The number of sulfonamides is 1. The zero-order valence-corrected chi connectivity index (χ0v) is 17.0. The van der Waals surface area contributed by atoms with Gasteiger partial charge in [-0.3, -0.25) is 4.79 Å². The van der Waals surface area contributed by atoms with Gasteiger partial charge in [0.25, 0.3) is 0 Å². The zero-order valence-electron chi connectivity index (χ0n) is 15.4. The smallest absolute Gasteiger partial charge is 0.238 e. The van der Waals surface area contributed by atoms with Crippen molar-refractivity contribution in [3.63, 3.8) is 0 Å². The molecule has 0 saturated heterocycles. The third-order valence-electron chi connectivity index (χ3n) is 3.93. The van der Waals surface area contributed by atoms with Gasteiger partial charge in [-0.05, 0) is 55.5 Å². The number of anilines is 1. The summed E-state index contributed by atoms with van der Waals surface area (Å²) in [7, 11) is -3.78. The van der Waals surface area contributed by atoms with Crippen molar-refractivity contribution < 1.29 is 17.6 Å². The molecule has 0 aliphatic rings. The molecule has 0 bridgehead atoms. The minimum absolute atomic E-state index is 0.0331. The number of aromatic nitrogens is 3. The largest absolute Gasteiger partial charge is 0.325 e. The Morgan fingerprint density at radius 3 is 2.38 bits per heavy atom. The maximum atomic E-state index is 13.1. The first-order valence-corrected chi connectivity index (χ1v) is 11.1. The second-order valence-corrected chi connectivity index (χ2v) is 8.47. The number of primary sulfonamides is 1. The molecule has 0 fully saturated rings. The zero-order chi connectivity index (χ0) is 21.0. The molecule has 0 atom stereocenters. The Hall–Kier alpha value is -2.76. The van der Waals surface area contributed by atoms with E-state index in [-0.39, 0.29) is 22.4 Å². The summed E-state index contributed by atoms with van der Waals surface area (Å²) in [5.41, 5.74) is 1.18. The van der Waals surface area contributed by atoms with Crippen molar-refractivity contribution in [1.82, 2.24) is 14.8 Å². The number of benzene rings is 2. The van der Waals surface area contributed by atoms with Gasteiger partial charge in [0, 0.05) is 17.8 Å². The molecule has 0 radical (unpaired) electrons. The van der Waals surface area contributed by atoms with E-state index in [1.54, 1.807) is 12.1 Å². The fourth-order valence-electron chi connectivity index (χ4n) is 2.55. The Kier molecular flexibility index (Phi) is 6.30. The van der Waals surface area contributed by atoms with E-state index in [2.05, 4.69) is 15.5 Å². The van der Waals surface area contributed by atoms with Gasteiger partial charge in [0.05, 0.1) is 10.6 Å². The van der Waals surface area contributed by atoms with E-state index in [9.17, 15) is 17.6 Å². The first-order valence-electron chi connectivity index (χ1n) is 8.52. The number of carbonyl (C=O) groups excluding carboxylic acids is 1. The van der Waals surface area contributed by atoms with E-state index in [4.69, 9.17) is 5.14 Å². The van der Waals surface area contributed by atoms with Gasteiger partial charge in [0.1, 0.15) is 5.82 Å². The van der Waals surface area contributed by atoms with Crippen molar-refractivity contribution in [3.8, 4) is 11.4 Å². The highest BCUT2D eigenvalue weighted by Gasteiger charge is 2.15. The predicted octanol–water partition coefficient (Wildman–Crippen LogP) is 2.48. The van der Waals surface area contributed by atoms with Crippen LogP contribution in [0.25, 0.3) is 11.4 Å². The summed E-state index contributed by atoms with van der Waals surface area (Å²) in [6.07, 6.45) is 0. The minimum atomic E-state index is -3.78. The number of nitrogens with one attached hydrogen (secondary N) is 1. The molecule has 0 spiro atoms. The topological polar surface area (TPSA) is 120 Å². The number of rotatable bonds is 7.